The number of hydrogen-bond donors (Lipinski definition) is 3. The minimum atomic E-state index is -0.0683. The van der Waals surface area contributed by atoms with Gasteiger partial charge in [0.05, 0.1) is 30.4 Å². The molecule has 2 saturated heterocycles. The van der Waals surface area contributed by atoms with Crippen LogP contribution in [0.1, 0.15) is 23.2 Å². The van der Waals surface area contributed by atoms with Gasteiger partial charge in [-0.2, -0.15) is 0 Å². The molecule has 2 fully saturated rings. The Kier molecular flexibility index (Phi) is 7.80. The van der Waals surface area contributed by atoms with Crippen molar-refractivity contribution >= 4 is 22.8 Å². The quantitative estimate of drug-likeness (QED) is 0.303. The van der Waals surface area contributed by atoms with Crippen LogP contribution in [0.2, 0.25) is 0 Å². The van der Waals surface area contributed by atoms with E-state index in [0.29, 0.717) is 18.7 Å². The lowest BCUT2D eigenvalue weighted by atomic mass is 9.98. The molecule has 0 saturated carbocycles. The van der Waals surface area contributed by atoms with Crippen LogP contribution in [0.15, 0.2) is 60.9 Å². The van der Waals surface area contributed by atoms with E-state index in [1.165, 1.54) is 0 Å². The maximum atomic E-state index is 12.8. The van der Waals surface area contributed by atoms with Crippen molar-refractivity contribution in [3.8, 4) is 22.4 Å². The van der Waals surface area contributed by atoms with Gasteiger partial charge in [0.1, 0.15) is 17.8 Å². The van der Waals surface area contributed by atoms with Crippen LogP contribution < -0.4 is 10.6 Å². The second-order valence-corrected chi connectivity index (χ2v) is 9.99. The molecule has 2 aromatic heterocycles. The highest BCUT2D eigenvalue weighted by Crippen LogP contribution is 2.40. The zero-order chi connectivity index (χ0) is 26.4. The van der Waals surface area contributed by atoms with Gasteiger partial charge in [-0.3, -0.25) is 9.69 Å². The standard InChI is InChI=1S/C30H34N6O3/c37-30(31-12-13-36-14-17-38-18-15-36)23-10-8-22(9-11-23)27-25(21-5-2-1-3-6-21)26-28(33-20-34-29(26)35-27)32-19-24-7-4-16-39-24/h1-3,5-6,8-11,20,24H,4,7,12-19H2,(H,31,37)(H2,32,33,34,35). The van der Waals surface area contributed by atoms with Gasteiger partial charge in [0, 0.05) is 50.5 Å². The van der Waals surface area contributed by atoms with Crippen molar-refractivity contribution in [3.05, 3.63) is 66.5 Å². The van der Waals surface area contributed by atoms with Crippen LogP contribution in [0, 0.1) is 0 Å². The first-order valence-electron chi connectivity index (χ1n) is 13.7. The summed E-state index contributed by atoms with van der Waals surface area (Å²) in [7, 11) is 0. The van der Waals surface area contributed by atoms with E-state index in [-0.39, 0.29) is 12.0 Å². The van der Waals surface area contributed by atoms with Crippen molar-refractivity contribution in [2.24, 2.45) is 0 Å². The van der Waals surface area contributed by atoms with E-state index in [2.05, 4.69) is 42.6 Å². The second kappa shape index (κ2) is 11.9. The number of aromatic nitrogens is 3. The number of nitrogens with one attached hydrogen (secondary N) is 3. The molecule has 4 aromatic rings. The fraction of sp³-hybridized carbons (Fsp3) is 0.367. The Labute approximate surface area is 227 Å². The van der Waals surface area contributed by atoms with E-state index in [1.54, 1.807) is 6.33 Å². The third-order valence-corrected chi connectivity index (χ3v) is 7.43. The molecule has 202 valence electrons. The lowest BCUT2D eigenvalue weighted by molar-refractivity contribution is 0.0383. The number of ether oxygens (including phenoxy) is 2. The number of carbonyl (C=O) groups is 1. The predicted molar refractivity (Wildman–Crippen MR) is 152 cm³/mol. The van der Waals surface area contributed by atoms with Crippen molar-refractivity contribution in [3.63, 3.8) is 0 Å². The Hall–Kier alpha value is -3.79. The minimum Gasteiger partial charge on any atom is -0.379 e. The maximum Gasteiger partial charge on any atom is 0.251 e. The van der Waals surface area contributed by atoms with Gasteiger partial charge in [-0.15, -0.1) is 0 Å². The van der Waals surface area contributed by atoms with Crippen LogP contribution in [0.5, 0.6) is 0 Å². The minimum absolute atomic E-state index is 0.0683. The third-order valence-electron chi connectivity index (χ3n) is 7.43. The van der Waals surface area contributed by atoms with Crippen LogP contribution in [-0.4, -0.2) is 84.4 Å². The van der Waals surface area contributed by atoms with Gasteiger partial charge in [0.2, 0.25) is 0 Å². The Bertz CT molecular complexity index is 1390. The van der Waals surface area contributed by atoms with Crippen molar-refractivity contribution in [2.75, 3.05) is 57.9 Å². The highest BCUT2D eigenvalue weighted by molar-refractivity contribution is 6.07. The normalized spacial score (nSPS) is 17.9. The molecule has 2 aliphatic rings. The Balaban J connectivity index is 1.26. The lowest BCUT2D eigenvalue weighted by Crippen LogP contribution is -2.41. The molecule has 0 radical (unpaired) electrons. The number of fused-ring (bicyclic) bond motifs is 1. The van der Waals surface area contributed by atoms with Crippen molar-refractivity contribution in [1.82, 2.24) is 25.2 Å². The number of morpholine rings is 1. The fourth-order valence-corrected chi connectivity index (χ4v) is 5.33. The molecule has 1 amide bonds. The van der Waals surface area contributed by atoms with Crippen LogP contribution in [-0.2, 0) is 9.47 Å². The average molecular weight is 527 g/mol. The van der Waals surface area contributed by atoms with Crippen molar-refractivity contribution in [1.29, 1.82) is 0 Å². The zero-order valence-corrected chi connectivity index (χ0v) is 22.0. The third kappa shape index (κ3) is 5.80. The summed E-state index contributed by atoms with van der Waals surface area (Å²) in [6, 6.07) is 18.0. The van der Waals surface area contributed by atoms with Crippen LogP contribution in [0.4, 0.5) is 5.82 Å². The molecule has 3 N–H and O–H groups in total. The van der Waals surface area contributed by atoms with Crippen LogP contribution in [0.25, 0.3) is 33.4 Å². The van der Waals surface area contributed by atoms with E-state index >= 15 is 0 Å². The van der Waals surface area contributed by atoms with E-state index in [9.17, 15) is 4.79 Å². The molecule has 0 spiro atoms. The molecule has 0 aliphatic carbocycles. The number of H-pyrrole nitrogens is 1. The summed E-state index contributed by atoms with van der Waals surface area (Å²) in [5.41, 5.74) is 5.41. The number of hydrogen-bond acceptors (Lipinski definition) is 7. The SMILES string of the molecule is O=C(NCCN1CCOCC1)c1ccc(-c2[nH]c3ncnc(NCC4CCCO4)c3c2-c2ccccc2)cc1. The van der Waals surface area contributed by atoms with Gasteiger partial charge in [-0.1, -0.05) is 42.5 Å². The summed E-state index contributed by atoms with van der Waals surface area (Å²) >= 11 is 0. The monoisotopic (exact) mass is 526 g/mol. The smallest absolute Gasteiger partial charge is 0.251 e. The number of benzene rings is 2. The van der Waals surface area contributed by atoms with Crippen molar-refractivity contribution < 1.29 is 14.3 Å². The molecule has 1 unspecified atom stereocenters. The zero-order valence-electron chi connectivity index (χ0n) is 22.0. The summed E-state index contributed by atoms with van der Waals surface area (Å²) in [4.78, 5) is 27.8. The molecule has 4 heterocycles. The molecular weight excluding hydrogens is 492 g/mol. The lowest BCUT2D eigenvalue weighted by Gasteiger charge is -2.26. The first-order chi connectivity index (χ1) is 19.3. The van der Waals surface area contributed by atoms with Crippen LogP contribution >= 0.6 is 0 Å². The summed E-state index contributed by atoms with van der Waals surface area (Å²) < 4.78 is 11.2. The number of aromatic amines is 1. The van der Waals surface area contributed by atoms with E-state index in [0.717, 1.165) is 91.5 Å². The number of amides is 1. The predicted octanol–water partition coefficient (Wildman–Crippen LogP) is 3.94. The summed E-state index contributed by atoms with van der Waals surface area (Å²) in [5.74, 6) is 0.717. The molecule has 6 rings (SSSR count). The van der Waals surface area contributed by atoms with E-state index < -0.39 is 0 Å². The molecular formula is C30H34N6O3. The van der Waals surface area contributed by atoms with Crippen LogP contribution in [0.3, 0.4) is 0 Å². The molecule has 1 atom stereocenters. The number of carbonyl (C=O) groups excluding carboxylic acids is 1. The highest BCUT2D eigenvalue weighted by Gasteiger charge is 2.21. The molecule has 9 nitrogen and oxygen atoms in total. The largest absolute Gasteiger partial charge is 0.379 e. The number of rotatable bonds is 9. The Morgan fingerprint density at radius 2 is 1.82 bits per heavy atom. The Morgan fingerprint density at radius 1 is 1.00 bits per heavy atom. The molecule has 9 heteroatoms. The van der Waals surface area contributed by atoms with Gasteiger partial charge in [0.15, 0.2) is 0 Å². The second-order valence-electron chi connectivity index (χ2n) is 9.99. The first kappa shape index (κ1) is 25.5. The van der Waals surface area contributed by atoms with Crippen molar-refractivity contribution in [2.45, 2.75) is 18.9 Å². The maximum absolute atomic E-state index is 12.8. The summed E-state index contributed by atoms with van der Waals surface area (Å²) in [6.07, 6.45) is 3.93. The average Bonchev–Trinajstić information content (AvgIpc) is 3.66. The van der Waals surface area contributed by atoms with Gasteiger partial charge < -0.3 is 25.1 Å². The van der Waals surface area contributed by atoms with Gasteiger partial charge in [0.25, 0.3) is 5.91 Å². The first-order valence-corrected chi connectivity index (χ1v) is 13.7. The number of anilines is 1. The number of nitrogens with zero attached hydrogens (tertiary/aromatic N) is 3. The highest BCUT2D eigenvalue weighted by atomic mass is 16.5. The fourth-order valence-electron chi connectivity index (χ4n) is 5.33. The van der Waals surface area contributed by atoms with E-state index in [4.69, 9.17) is 9.47 Å². The summed E-state index contributed by atoms with van der Waals surface area (Å²) in [5, 5.41) is 7.50. The topological polar surface area (TPSA) is 104 Å². The van der Waals surface area contributed by atoms with Gasteiger partial charge in [-0.05, 0) is 36.1 Å². The molecule has 2 aliphatic heterocycles. The molecule has 2 aromatic carbocycles. The summed E-state index contributed by atoms with van der Waals surface area (Å²) in [6.45, 7) is 6.29. The molecule has 39 heavy (non-hydrogen) atoms. The molecule has 0 bridgehead atoms. The van der Waals surface area contributed by atoms with Gasteiger partial charge >= 0.3 is 0 Å². The van der Waals surface area contributed by atoms with E-state index in [1.807, 2.05) is 42.5 Å². The van der Waals surface area contributed by atoms with Gasteiger partial charge in [-0.25, -0.2) is 9.97 Å². The Morgan fingerprint density at radius 3 is 2.59 bits per heavy atom.